The fourth-order valence-corrected chi connectivity index (χ4v) is 0.806. The van der Waals surface area contributed by atoms with Crippen molar-refractivity contribution in [2.45, 2.75) is 26.4 Å². The third kappa shape index (κ3) is 5.95. The van der Waals surface area contributed by atoms with E-state index < -0.39 is 11.3 Å². The van der Waals surface area contributed by atoms with Gasteiger partial charge in [-0.2, -0.15) is 0 Å². The normalized spacial score (nSPS) is 15.6. The Morgan fingerprint density at radius 1 is 1.44 bits per heavy atom. The molecule has 0 rings (SSSR count). The van der Waals surface area contributed by atoms with Crippen LogP contribution in [-0.2, 0) is 15.4 Å². The van der Waals surface area contributed by atoms with Crippen molar-refractivity contribution >= 4 is 11.3 Å². The second-order valence-electron chi connectivity index (χ2n) is 2.63. The Morgan fingerprint density at radius 3 is 2.00 bits per heavy atom. The zero-order valence-electron chi connectivity index (χ0n) is 6.22. The first kappa shape index (κ1) is 9.07. The summed E-state index contributed by atoms with van der Waals surface area (Å²) in [6.07, 6.45) is 0. The van der Waals surface area contributed by atoms with E-state index in [0.29, 0.717) is 0 Å². The topological polar surface area (TPSA) is 38.3 Å². The third-order valence-corrected chi connectivity index (χ3v) is 1.48. The summed E-state index contributed by atoms with van der Waals surface area (Å²) in [5.74, 6) is 0. The summed E-state index contributed by atoms with van der Waals surface area (Å²) in [6.45, 7) is 5.55. The lowest BCUT2D eigenvalue weighted by Crippen LogP contribution is -2.26. The van der Waals surface area contributed by atoms with Crippen LogP contribution >= 0.6 is 0 Å². The highest BCUT2D eigenvalue weighted by Gasteiger charge is 2.13. The molecular weight excluding hydrogens is 138 g/mol. The molecule has 1 N–H and O–H groups in total. The van der Waals surface area contributed by atoms with Gasteiger partial charge in [0.15, 0.2) is 0 Å². The van der Waals surface area contributed by atoms with Crippen molar-refractivity contribution in [3.63, 3.8) is 0 Å². The quantitative estimate of drug-likeness (QED) is 0.627. The minimum absolute atomic E-state index is 0.339. The van der Waals surface area contributed by atoms with Crippen LogP contribution in [0.4, 0.5) is 0 Å². The van der Waals surface area contributed by atoms with Crippen molar-refractivity contribution in [1.29, 1.82) is 0 Å². The molecule has 1 atom stereocenters. The van der Waals surface area contributed by atoms with E-state index in [9.17, 15) is 4.21 Å². The standard InChI is InChI=1S/C5H13NO2S/c1-5(2,3)8-9(7)6-4/h6H,1-4H3. The highest BCUT2D eigenvalue weighted by molar-refractivity contribution is 7.78. The van der Waals surface area contributed by atoms with Gasteiger partial charge in [0.1, 0.15) is 0 Å². The van der Waals surface area contributed by atoms with E-state index in [1.165, 1.54) is 0 Å². The van der Waals surface area contributed by atoms with Gasteiger partial charge in [0, 0.05) is 0 Å². The maximum absolute atomic E-state index is 10.6. The molecule has 0 fully saturated rings. The summed E-state index contributed by atoms with van der Waals surface area (Å²) in [5, 5.41) is 0. The van der Waals surface area contributed by atoms with Gasteiger partial charge in [0.2, 0.25) is 11.3 Å². The van der Waals surface area contributed by atoms with Gasteiger partial charge in [0.05, 0.1) is 5.60 Å². The van der Waals surface area contributed by atoms with E-state index >= 15 is 0 Å². The minimum atomic E-state index is -1.35. The predicted octanol–water partition coefficient (Wildman–Crippen LogP) is 0.600. The van der Waals surface area contributed by atoms with Gasteiger partial charge in [0.25, 0.3) is 0 Å². The zero-order valence-corrected chi connectivity index (χ0v) is 7.04. The summed E-state index contributed by atoms with van der Waals surface area (Å²) in [6, 6.07) is 0. The van der Waals surface area contributed by atoms with Crippen molar-refractivity contribution in [2.24, 2.45) is 0 Å². The molecule has 0 aliphatic carbocycles. The van der Waals surface area contributed by atoms with Gasteiger partial charge in [-0.25, -0.2) is 8.93 Å². The monoisotopic (exact) mass is 151 g/mol. The average Bonchev–Trinajstić information content (AvgIpc) is 1.62. The smallest absolute Gasteiger partial charge is 0.234 e. The SMILES string of the molecule is CNS(=O)OC(C)(C)C. The fourth-order valence-electron chi connectivity index (χ4n) is 0.269. The van der Waals surface area contributed by atoms with E-state index in [4.69, 9.17) is 4.18 Å². The summed E-state index contributed by atoms with van der Waals surface area (Å²) >= 11 is -1.35. The third-order valence-electron chi connectivity index (χ3n) is 0.492. The fraction of sp³-hybridized carbons (Fsp3) is 1.00. The Bertz CT molecular complexity index is 108. The van der Waals surface area contributed by atoms with Crippen LogP contribution in [-0.4, -0.2) is 16.9 Å². The molecule has 0 amide bonds. The molecule has 0 aromatic carbocycles. The number of rotatable bonds is 2. The molecule has 0 bridgehead atoms. The molecule has 9 heavy (non-hydrogen) atoms. The Kier molecular flexibility index (Phi) is 3.32. The molecule has 0 aliphatic rings. The van der Waals surface area contributed by atoms with Crippen molar-refractivity contribution in [2.75, 3.05) is 7.05 Å². The van der Waals surface area contributed by atoms with Crippen LogP contribution in [0.5, 0.6) is 0 Å². The molecule has 0 saturated carbocycles. The van der Waals surface area contributed by atoms with Gasteiger partial charge >= 0.3 is 0 Å². The zero-order chi connectivity index (χ0) is 7.49. The Balaban J connectivity index is 3.60. The van der Waals surface area contributed by atoms with E-state index in [-0.39, 0.29) is 5.60 Å². The summed E-state index contributed by atoms with van der Waals surface area (Å²) in [7, 11) is 1.59. The molecule has 0 aromatic rings. The number of hydrogen-bond acceptors (Lipinski definition) is 2. The largest absolute Gasteiger partial charge is 0.272 e. The molecule has 0 radical (unpaired) electrons. The Morgan fingerprint density at radius 2 is 1.89 bits per heavy atom. The van der Waals surface area contributed by atoms with Gasteiger partial charge in [-0.05, 0) is 27.8 Å². The van der Waals surface area contributed by atoms with Gasteiger partial charge in [-0.15, -0.1) is 0 Å². The van der Waals surface area contributed by atoms with Crippen molar-refractivity contribution < 1.29 is 8.39 Å². The second kappa shape index (κ2) is 3.29. The molecule has 0 aliphatic heterocycles. The Hall–Kier alpha value is 0.0700. The number of nitrogens with one attached hydrogen (secondary N) is 1. The van der Waals surface area contributed by atoms with Crippen LogP contribution in [0, 0.1) is 0 Å². The molecule has 0 aromatic heterocycles. The van der Waals surface area contributed by atoms with E-state index in [1.54, 1.807) is 7.05 Å². The van der Waals surface area contributed by atoms with E-state index in [0.717, 1.165) is 0 Å². The molecule has 0 heterocycles. The first-order valence-electron chi connectivity index (χ1n) is 2.74. The molecule has 56 valence electrons. The minimum Gasteiger partial charge on any atom is -0.272 e. The summed E-state index contributed by atoms with van der Waals surface area (Å²) < 4.78 is 18.0. The van der Waals surface area contributed by atoms with Crippen LogP contribution in [0.1, 0.15) is 20.8 Å². The first-order valence-corrected chi connectivity index (χ1v) is 3.82. The predicted molar refractivity (Wildman–Crippen MR) is 38.0 cm³/mol. The van der Waals surface area contributed by atoms with E-state index in [2.05, 4.69) is 4.72 Å². The molecule has 0 saturated heterocycles. The van der Waals surface area contributed by atoms with Crippen molar-refractivity contribution in [3.05, 3.63) is 0 Å². The summed E-state index contributed by atoms with van der Waals surface area (Å²) in [4.78, 5) is 0. The summed E-state index contributed by atoms with van der Waals surface area (Å²) in [5.41, 5.74) is -0.339. The van der Waals surface area contributed by atoms with Crippen molar-refractivity contribution in [1.82, 2.24) is 4.72 Å². The first-order chi connectivity index (χ1) is 3.95. The van der Waals surface area contributed by atoms with Gasteiger partial charge in [-0.1, -0.05) is 0 Å². The molecule has 0 spiro atoms. The molecule has 1 unspecified atom stereocenters. The lowest BCUT2D eigenvalue weighted by atomic mass is 10.2. The van der Waals surface area contributed by atoms with Crippen LogP contribution in [0.2, 0.25) is 0 Å². The highest BCUT2D eigenvalue weighted by Crippen LogP contribution is 2.06. The van der Waals surface area contributed by atoms with Crippen LogP contribution < -0.4 is 4.72 Å². The van der Waals surface area contributed by atoms with Crippen molar-refractivity contribution in [3.8, 4) is 0 Å². The lowest BCUT2D eigenvalue weighted by Gasteiger charge is -2.16. The van der Waals surface area contributed by atoms with Crippen LogP contribution in [0.25, 0.3) is 0 Å². The molecular formula is C5H13NO2S. The second-order valence-corrected chi connectivity index (χ2v) is 3.68. The van der Waals surface area contributed by atoms with Crippen LogP contribution in [0.3, 0.4) is 0 Å². The maximum Gasteiger partial charge on any atom is 0.234 e. The van der Waals surface area contributed by atoms with Gasteiger partial charge < -0.3 is 0 Å². The molecule has 4 heteroatoms. The maximum atomic E-state index is 10.6. The average molecular weight is 151 g/mol. The Labute approximate surface area is 58.6 Å². The lowest BCUT2D eigenvalue weighted by molar-refractivity contribution is 0.150. The van der Waals surface area contributed by atoms with Crippen LogP contribution in [0.15, 0.2) is 0 Å². The highest BCUT2D eigenvalue weighted by atomic mass is 32.2. The van der Waals surface area contributed by atoms with E-state index in [1.807, 2.05) is 20.8 Å². The van der Waals surface area contributed by atoms with Gasteiger partial charge in [-0.3, -0.25) is 4.18 Å². The number of hydrogen-bond donors (Lipinski definition) is 1. The molecule has 3 nitrogen and oxygen atoms in total.